The first kappa shape index (κ1) is 11.1. The van der Waals surface area contributed by atoms with Crippen molar-refractivity contribution in [3.05, 3.63) is 46.5 Å². The summed E-state index contributed by atoms with van der Waals surface area (Å²) in [6, 6.07) is 1.98. The Balaban J connectivity index is 2.49. The van der Waals surface area contributed by atoms with E-state index >= 15 is 0 Å². The highest BCUT2D eigenvalue weighted by Crippen LogP contribution is 2.35. The summed E-state index contributed by atoms with van der Waals surface area (Å²) in [5.74, 6) is 1.69. The van der Waals surface area contributed by atoms with Gasteiger partial charge in [0.25, 0.3) is 0 Å². The second-order valence-electron chi connectivity index (χ2n) is 3.50. The summed E-state index contributed by atoms with van der Waals surface area (Å²) in [6.07, 6.45) is 4.19. The first-order valence-corrected chi connectivity index (χ1v) is 5.02. The third-order valence-electron chi connectivity index (χ3n) is 2.57. The van der Waals surface area contributed by atoms with Crippen molar-refractivity contribution in [2.45, 2.75) is 6.42 Å². The van der Waals surface area contributed by atoms with Crippen molar-refractivity contribution in [3.8, 4) is 6.07 Å². The Labute approximate surface area is 99.1 Å². The number of nitrogens with two attached hydrogens (primary N) is 1. The van der Waals surface area contributed by atoms with Gasteiger partial charge in [0, 0.05) is 5.57 Å². The highest BCUT2D eigenvalue weighted by atomic mass is 16.5. The standard InChI is InChI=1S/C12H12N2O3/c1-15-9-4-3-7-5-8(6-13)12(14)17-10(7)11(9)16-2/h4-5H,3,14H2,1-2H3. The van der Waals surface area contributed by atoms with Gasteiger partial charge in [-0.15, -0.1) is 0 Å². The molecule has 0 fully saturated rings. The molecular formula is C12H12N2O3. The molecule has 2 N–H and O–H groups in total. The Bertz CT molecular complexity index is 518. The number of hydrogen-bond acceptors (Lipinski definition) is 5. The smallest absolute Gasteiger partial charge is 0.209 e. The Morgan fingerprint density at radius 2 is 2.18 bits per heavy atom. The molecule has 5 nitrogen and oxygen atoms in total. The molecule has 2 aliphatic rings. The molecule has 0 amide bonds. The fourth-order valence-electron chi connectivity index (χ4n) is 1.75. The molecule has 0 saturated carbocycles. The number of allylic oxidation sites excluding steroid dienone is 4. The van der Waals surface area contributed by atoms with Crippen LogP contribution in [0.2, 0.25) is 0 Å². The van der Waals surface area contributed by atoms with E-state index in [9.17, 15) is 0 Å². The normalized spacial score (nSPS) is 18.6. The van der Waals surface area contributed by atoms with Crippen molar-refractivity contribution in [3.63, 3.8) is 0 Å². The van der Waals surface area contributed by atoms with Crippen LogP contribution in [0.3, 0.4) is 0 Å². The van der Waals surface area contributed by atoms with E-state index in [0.717, 1.165) is 5.57 Å². The topological polar surface area (TPSA) is 77.5 Å². The SMILES string of the molecule is COC1=CCC2=CC(C#N)=C(N)OC2=C1OC. The Hall–Kier alpha value is -2.35. The largest absolute Gasteiger partial charge is 0.493 e. The maximum atomic E-state index is 8.87. The van der Waals surface area contributed by atoms with Crippen molar-refractivity contribution >= 4 is 0 Å². The fourth-order valence-corrected chi connectivity index (χ4v) is 1.75. The molecule has 88 valence electrons. The lowest BCUT2D eigenvalue weighted by Gasteiger charge is -2.24. The molecule has 0 atom stereocenters. The molecule has 0 spiro atoms. The van der Waals surface area contributed by atoms with Crippen molar-refractivity contribution < 1.29 is 14.2 Å². The average Bonchev–Trinajstić information content (AvgIpc) is 2.36. The van der Waals surface area contributed by atoms with Gasteiger partial charge in [0.15, 0.2) is 11.5 Å². The molecule has 0 aromatic rings. The van der Waals surface area contributed by atoms with Gasteiger partial charge in [-0.25, -0.2) is 0 Å². The van der Waals surface area contributed by atoms with Crippen LogP contribution in [-0.2, 0) is 14.2 Å². The predicted octanol–water partition coefficient (Wildman–Crippen LogP) is 1.43. The van der Waals surface area contributed by atoms with Gasteiger partial charge in [0.1, 0.15) is 11.6 Å². The summed E-state index contributed by atoms with van der Waals surface area (Å²) in [5, 5.41) is 8.87. The molecule has 1 aliphatic carbocycles. The highest BCUT2D eigenvalue weighted by Gasteiger charge is 2.27. The summed E-state index contributed by atoms with van der Waals surface area (Å²) >= 11 is 0. The van der Waals surface area contributed by atoms with Crippen LogP contribution in [0.5, 0.6) is 0 Å². The van der Waals surface area contributed by atoms with Crippen molar-refractivity contribution in [1.29, 1.82) is 5.26 Å². The van der Waals surface area contributed by atoms with Gasteiger partial charge >= 0.3 is 0 Å². The summed E-state index contributed by atoms with van der Waals surface area (Å²) in [7, 11) is 3.09. The first-order valence-electron chi connectivity index (χ1n) is 5.02. The number of rotatable bonds is 2. The maximum Gasteiger partial charge on any atom is 0.209 e. The number of hydrogen-bond donors (Lipinski definition) is 1. The van der Waals surface area contributed by atoms with Crippen LogP contribution < -0.4 is 5.73 Å². The van der Waals surface area contributed by atoms with Crippen LogP contribution in [0.4, 0.5) is 0 Å². The molecule has 0 aromatic heterocycles. The zero-order valence-electron chi connectivity index (χ0n) is 9.61. The second-order valence-corrected chi connectivity index (χ2v) is 3.50. The van der Waals surface area contributed by atoms with E-state index in [1.54, 1.807) is 13.2 Å². The quantitative estimate of drug-likeness (QED) is 0.779. The van der Waals surface area contributed by atoms with Crippen molar-refractivity contribution in [2.75, 3.05) is 14.2 Å². The number of methoxy groups -OCH3 is 2. The Kier molecular flexibility index (Phi) is 2.79. The van der Waals surface area contributed by atoms with Crippen LogP contribution in [0.25, 0.3) is 0 Å². The van der Waals surface area contributed by atoms with Gasteiger partial charge in [-0.05, 0) is 18.6 Å². The molecule has 17 heavy (non-hydrogen) atoms. The van der Waals surface area contributed by atoms with Gasteiger partial charge in [-0.3, -0.25) is 0 Å². The molecule has 1 heterocycles. The van der Waals surface area contributed by atoms with E-state index in [1.165, 1.54) is 7.11 Å². The number of ether oxygens (including phenoxy) is 3. The third kappa shape index (κ3) is 1.74. The number of nitrogens with zero attached hydrogens (tertiary/aromatic N) is 1. The molecule has 0 radical (unpaired) electrons. The van der Waals surface area contributed by atoms with Gasteiger partial charge in [0.2, 0.25) is 11.6 Å². The minimum atomic E-state index is 0.0816. The van der Waals surface area contributed by atoms with Gasteiger partial charge in [-0.2, -0.15) is 5.26 Å². The first-order chi connectivity index (χ1) is 8.21. The minimum Gasteiger partial charge on any atom is -0.493 e. The summed E-state index contributed by atoms with van der Waals surface area (Å²) < 4.78 is 15.9. The second kappa shape index (κ2) is 4.26. The molecule has 0 aromatic carbocycles. The summed E-state index contributed by atoms with van der Waals surface area (Å²) in [5.41, 5.74) is 6.82. The highest BCUT2D eigenvalue weighted by molar-refractivity contribution is 5.51. The Morgan fingerprint density at radius 3 is 2.76 bits per heavy atom. The monoisotopic (exact) mass is 232 g/mol. The third-order valence-corrected chi connectivity index (χ3v) is 2.57. The Morgan fingerprint density at radius 1 is 1.41 bits per heavy atom. The lowest BCUT2D eigenvalue weighted by molar-refractivity contribution is 0.185. The van der Waals surface area contributed by atoms with E-state index < -0.39 is 0 Å². The molecule has 0 saturated heterocycles. The molecule has 0 bridgehead atoms. The van der Waals surface area contributed by atoms with Gasteiger partial charge < -0.3 is 19.9 Å². The molecule has 1 aliphatic heterocycles. The van der Waals surface area contributed by atoms with E-state index in [1.807, 2.05) is 12.1 Å². The summed E-state index contributed by atoms with van der Waals surface area (Å²) in [6.45, 7) is 0. The average molecular weight is 232 g/mol. The lowest BCUT2D eigenvalue weighted by Crippen LogP contribution is -2.17. The van der Waals surface area contributed by atoms with E-state index in [2.05, 4.69) is 0 Å². The van der Waals surface area contributed by atoms with Gasteiger partial charge in [-0.1, -0.05) is 0 Å². The van der Waals surface area contributed by atoms with Crippen molar-refractivity contribution in [2.24, 2.45) is 5.73 Å². The van der Waals surface area contributed by atoms with Crippen molar-refractivity contribution in [1.82, 2.24) is 0 Å². The predicted molar refractivity (Wildman–Crippen MR) is 59.7 cm³/mol. The fraction of sp³-hybridized carbons (Fsp3) is 0.250. The van der Waals surface area contributed by atoms with Crippen LogP contribution in [0, 0.1) is 11.3 Å². The lowest BCUT2D eigenvalue weighted by atomic mass is 9.99. The maximum absolute atomic E-state index is 8.87. The number of fused-ring (bicyclic) bond motifs is 1. The molecule has 5 heteroatoms. The minimum absolute atomic E-state index is 0.0816. The zero-order chi connectivity index (χ0) is 12.4. The zero-order valence-corrected chi connectivity index (χ0v) is 9.61. The number of nitriles is 1. The van der Waals surface area contributed by atoms with Crippen LogP contribution >= 0.6 is 0 Å². The van der Waals surface area contributed by atoms with E-state index in [-0.39, 0.29) is 5.88 Å². The van der Waals surface area contributed by atoms with Gasteiger partial charge in [0.05, 0.1) is 14.2 Å². The van der Waals surface area contributed by atoms with Crippen LogP contribution in [0.15, 0.2) is 46.5 Å². The molecule has 0 unspecified atom stereocenters. The van der Waals surface area contributed by atoms with E-state index in [4.69, 9.17) is 25.2 Å². The molecular weight excluding hydrogens is 220 g/mol. The summed E-state index contributed by atoms with van der Waals surface area (Å²) in [4.78, 5) is 0. The van der Waals surface area contributed by atoms with Crippen LogP contribution in [-0.4, -0.2) is 14.2 Å². The molecule has 2 rings (SSSR count). The van der Waals surface area contributed by atoms with E-state index in [0.29, 0.717) is 29.3 Å². The van der Waals surface area contributed by atoms with Crippen LogP contribution in [0.1, 0.15) is 6.42 Å².